The number of amides is 1. The molecule has 3 aliphatic heterocycles. The van der Waals surface area contributed by atoms with Gasteiger partial charge in [-0.3, -0.25) is 14.4 Å². The van der Waals surface area contributed by atoms with Crippen LogP contribution >= 0.6 is 0 Å². The van der Waals surface area contributed by atoms with Gasteiger partial charge in [0.25, 0.3) is 16.0 Å². The Bertz CT molecular complexity index is 1250. The summed E-state index contributed by atoms with van der Waals surface area (Å²) < 4.78 is 45.7. The van der Waals surface area contributed by atoms with Gasteiger partial charge in [0.15, 0.2) is 11.5 Å². The summed E-state index contributed by atoms with van der Waals surface area (Å²) in [5.41, 5.74) is 4.05. The Morgan fingerprint density at radius 1 is 1.13 bits per heavy atom. The van der Waals surface area contributed by atoms with Crippen LogP contribution in [0.5, 0.6) is 5.75 Å². The van der Waals surface area contributed by atoms with Crippen LogP contribution in [0.25, 0.3) is 0 Å². The molecule has 208 valence electrons. The van der Waals surface area contributed by atoms with Crippen LogP contribution in [0.2, 0.25) is 0 Å². The van der Waals surface area contributed by atoms with E-state index in [0.717, 1.165) is 63.0 Å². The molecule has 1 aromatic carbocycles. The number of hydrogen-bond donors (Lipinski definition) is 3. The number of hydrazine groups is 1. The van der Waals surface area contributed by atoms with E-state index in [1.165, 1.54) is 13.5 Å². The zero-order chi connectivity index (χ0) is 27.1. The smallest absolute Gasteiger partial charge is 0.269 e. The third kappa shape index (κ3) is 5.08. The summed E-state index contributed by atoms with van der Waals surface area (Å²) in [4.78, 5) is 20.7. The molecule has 3 N–H and O–H groups in total. The van der Waals surface area contributed by atoms with Crippen molar-refractivity contribution in [2.24, 2.45) is 10.9 Å². The highest BCUT2D eigenvalue weighted by Crippen LogP contribution is 2.41. The molecule has 1 atom stereocenters. The van der Waals surface area contributed by atoms with E-state index >= 15 is 0 Å². The van der Waals surface area contributed by atoms with Crippen molar-refractivity contribution in [3.63, 3.8) is 0 Å². The summed E-state index contributed by atoms with van der Waals surface area (Å²) in [5, 5.41) is 4.51. The number of benzene rings is 1. The first kappa shape index (κ1) is 26.8. The number of nitrogens with one attached hydrogen (secondary N) is 2. The van der Waals surface area contributed by atoms with Gasteiger partial charge in [-0.2, -0.15) is 8.42 Å². The maximum absolute atomic E-state index is 13.7. The SMILES string of the molecule is COc1cc(N2CCC(OC)CC2)ccc1C1(CS(=O)(=O)O)N=C2C(=C(C3CCCCC3)NN2C)C(=O)N1. The highest BCUT2D eigenvalue weighted by molar-refractivity contribution is 7.85. The van der Waals surface area contributed by atoms with Gasteiger partial charge in [0, 0.05) is 50.5 Å². The summed E-state index contributed by atoms with van der Waals surface area (Å²) >= 11 is 0. The fourth-order valence-corrected chi connectivity index (χ4v) is 7.00. The molecule has 0 aromatic heterocycles. The fourth-order valence-electron chi connectivity index (χ4n) is 6.18. The van der Waals surface area contributed by atoms with Crippen LogP contribution in [0.15, 0.2) is 34.5 Å². The molecule has 1 saturated carbocycles. The van der Waals surface area contributed by atoms with Crippen LogP contribution < -0.4 is 20.4 Å². The molecule has 4 aliphatic rings. The molecule has 0 bridgehead atoms. The second kappa shape index (κ2) is 10.4. The molecular formula is C26H37N5O6S. The van der Waals surface area contributed by atoms with E-state index in [1.54, 1.807) is 25.2 Å². The molecule has 5 rings (SSSR count). The zero-order valence-corrected chi connectivity index (χ0v) is 23.0. The number of hydrogen-bond acceptors (Lipinski definition) is 9. The normalized spacial score (nSPS) is 25.2. The van der Waals surface area contributed by atoms with E-state index in [9.17, 15) is 17.8 Å². The highest BCUT2D eigenvalue weighted by Gasteiger charge is 2.49. The van der Waals surface area contributed by atoms with Gasteiger partial charge in [-0.05, 0) is 37.8 Å². The summed E-state index contributed by atoms with van der Waals surface area (Å²) in [7, 11) is 0.424. The number of piperidine rings is 1. The second-order valence-corrected chi connectivity index (χ2v) is 12.0. The lowest BCUT2D eigenvalue weighted by Gasteiger charge is -2.37. The summed E-state index contributed by atoms with van der Waals surface area (Å²) in [6.07, 6.45) is 7.36. The predicted octanol–water partition coefficient (Wildman–Crippen LogP) is 2.16. The Morgan fingerprint density at radius 2 is 1.84 bits per heavy atom. The number of rotatable bonds is 7. The lowest BCUT2D eigenvalue weighted by molar-refractivity contribution is -0.119. The molecular weight excluding hydrogens is 510 g/mol. The van der Waals surface area contributed by atoms with Gasteiger partial charge >= 0.3 is 0 Å². The zero-order valence-electron chi connectivity index (χ0n) is 22.2. The standard InChI is InChI=1S/C26H37N5O6S/c1-30-24-22(23(29-30)17-7-5-4-6-8-17)25(32)28-26(27-24,16-38(33,34)35)20-10-9-18(15-21(20)37-3)31-13-11-19(36-2)12-14-31/h9-10,15,17,19,29H,4-8,11-14,16H2,1-3H3,(H,28,32)(H,33,34,35). The maximum Gasteiger partial charge on any atom is 0.269 e. The van der Waals surface area contributed by atoms with Crippen molar-refractivity contribution in [2.45, 2.75) is 56.7 Å². The number of amidine groups is 1. The summed E-state index contributed by atoms with van der Waals surface area (Å²) in [6, 6.07) is 5.43. The molecule has 1 aliphatic carbocycles. The van der Waals surface area contributed by atoms with Gasteiger partial charge in [-0.15, -0.1) is 0 Å². The molecule has 3 heterocycles. The Morgan fingerprint density at radius 3 is 2.47 bits per heavy atom. The van der Waals surface area contributed by atoms with Crippen molar-refractivity contribution >= 4 is 27.5 Å². The first-order valence-electron chi connectivity index (χ1n) is 13.2. The Kier molecular flexibility index (Phi) is 7.31. The van der Waals surface area contributed by atoms with Crippen molar-refractivity contribution in [3.05, 3.63) is 35.0 Å². The maximum atomic E-state index is 13.7. The van der Waals surface area contributed by atoms with E-state index < -0.39 is 27.4 Å². The van der Waals surface area contributed by atoms with Crippen LogP contribution in [-0.4, -0.2) is 75.9 Å². The minimum Gasteiger partial charge on any atom is -0.496 e. The number of likely N-dealkylation sites (N-methyl/N-ethyl adjacent to an activating group) is 1. The largest absolute Gasteiger partial charge is 0.496 e. The van der Waals surface area contributed by atoms with E-state index in [2.05, 4.69) is 15.6 Å². The Labute approximate surface area is 224 Å². The predicted molar refractivity (Wildman–Crippen MR) is 143 cm³/mol. The highest BCUT2D eigenvalue weighted by atomic mass is 32.2. The molecule has 1 saturated heterocycles. The number of carbonyl (C=O) groups is 1. The number of methoxy groups -OCH3 is 2. The van der Waals surface area contributed by atoms with Gasteiger partial charge in [0.05, 0.1) is 18.9 Å². The third-order valence-electron chi connectivity index (χ3n) is 8.12. The number of carbonyl (C=O) groups excluding carboxylic acids is 1. The van der Waals surface area contributed by atoms with E-state index in [0.29, 0.717) is 22.7 Å². The van der Waals surface area contributed by atoms with E-state index in [-0.39, 0.29) is 12.0 Å². The van der Waals surface area contributed by atoms with Crippen LogP contribution in [0, 0.1) is 5.92 Å². The molecule has 38 heavy (non-hydrogen) atoms. The van der Waals surface area contributed by atoms with Gasteiger partial charge in [-0.25, -0.2) is 4.99 Å². The van der Waals surface area contributed by atoms with E-state index in [1.807, 2.05) is 12.1 Å². The minimum atomic E-state index is -4.56. The molecule has 1 aromatic rings. The number of allylic oxidation sites excluding steroid dienone is 1. The summed E-state index contributed by atoms with van der Waals surface area (Å²) in [5.74, 6) is -0.318. The van der Waals surface area contributed by atoms with Crippen LogP contribution in [0.3, 0.4) is 0 Å². The van der Waals surface area contributed by atoms with Crippen molar-refractivity contribution in [1.82, 2.24) is 15.8 Å². The lowest BCUT2D eigenvalue weighted by Crippen LogP contribution is -2.55. The first-order valence-corrected chi connectivity index (χ1v) is 14.8. The molecule has 11 nitrogen and oxygen atoms in total. The van der Waals surface area contributed by atoms with Crippen molar-refractivity contribution in [3.8, 4) is 5.75 Å². The van der Waals surface area contributed by atoms with Gasteiger partial charge in [-0.1, -0.05) is 19.3 Å². The van der Waals surface area contributed by atoms with Gasteiger partial charge < -0.3 is 25.1 Å². The number of fused-ring (bicyclic) bond motifs is 1. The molecule has 12 heteroatoms. The Balaban J connectivity index is 1.57. The quantitative estimate of drug-likeness (QED) is 0.439. The topological polar surface area (TPSA) is 133 Å². The average molecular weight is 548 g/mol. The van der Waals surface area contributed by atoms with Crippen LogP contribution in [0.4, 0.5) is 5.69 Å². The van der Waals surface area contributed by atoms with Crippen molar-refractivity contribution in [2.75, 3.05) is 45.0 Å². The molecule has 0 radical (unpaired) electrons. The molecule has 0 spiro atoms. The first-order chi connectivity index (χ1) is 18.1. The lowest BCUT2D eigenvalue weighted by atomic mass is 9.85. The van der Waals surface area contributed by atoms with Gasteiger partial charge in [0.2, 0.25) is 0 Å². The number of ether oxygens (including phenoxy) is 2. The van der Waals surface area contributed by atoms with Crippen LogP contribution in [0.1, 0.15) is 50.5 Å². The monoisotopic (exact) mass is 547 g/mol. The summed E-state index contributed by atoms with van der Waals surface area (Å²) in [6.45, 7) is 1.62. The van der Waals surface area contributed by atoms with Crippen LogP contribution in [-0.2, 0) is 25.3 Å². The van der Waals surface area contributed by atoms with Gasteiger partial charge in [0.1, 0.15) is 17.1 Å². The average Bonchev–Trinajstić information content (AvgIpc) is 3.24. The molecule has 1 amide bonds. The minimum absolute atomic E-state index is 0.213. The molecule has 1 unspecified atom stereocenters. The fraction of sp³-hybridized carbons (Fsp3) is 0.615. The number of aliphatic imine (C=N–C) groups is 1. The van der Waals surface area contributed by atoms with Crippen molar-refractivity contribution < 1.29 is 27.2 Å². The number of nitrogens with zero attached hydrogens (tertiary/aromatic N) is 3. The number of anilines is 1. The third-order valence-corrected chi connectivity index (χ3v) is 8.90. The molecule has 2 fully saturated rings. The second-order valence-electron chi connectivity index (χ2n) is 10.6. The van der Waals surface area contributed by atoms with E-state index in [4.69, 9.17) is 14.5 Å². The van der Waals surface area contributed by atoms with Crippen molar-refractivity contribution in [1.29, 1.82) is 0 Å². The Hall–Kier alpha value is -2.83.